The largest absolute Gasteiger partial charge is 0.458 e. The standard InChI is InChI=1S/C23H33BrO5/c1-13(25)28-11-19(27)18-4-3-16-15-9-20-23(24)10-14(26)5-8-22(23,12-29-20)17(15)6-7-21(16,18)2/h14-18,20,26H,3-12H2,1-2H3/t14-,15-,16-,17-,18+,20?,21-,22-,23?/m0/s1. The molecule has 0 aromatic carbocycles. The lowest BCUT2D eigenvalue weighted by atomic mass is 9.44. The number of esters is 1. The second-order valence-electron chi connectivity index (χ2n) is 10.7. The fraction of sp³-hybridized carbons (Fsp3) is 0.913. The lowest BCUT2D eigenvalue weighted by Crippen LogP contribution is -2.63. The summed E-state index contributed by atoms with van der Waals surface area (Å²) in [6.45, 7) is 4.42. The van der Waals surface area contributed by atoms with Gasteiger partial charge in [-0.3, -0.25) is 9.59 Å². The van der Waals surface area contributed by atoms with Gasteiger partial charge in [-0.15, -0.1) is 0 Å². The van der Waals surface area contributed by atoms with Gasteiger partial charge < -0.3 is 14.6 Å². The first-order chi connectivity index (χ1) is 13.7. The van der Waals surface area contributed by atoms with Crippen molar-refractivity contribution in [2.45, 2.75) is 81.7 Å². The molecule has 5 aliphatic rings. The molecule has 0 aromatic rings. The minimum atomic E-state index is -0.380. The fourth-order valence-electron chi connectivity index (χ4n) is 8.51. The van der Waals surface area contributed by atoms with Crippen LogP contribution in [0.3, 0.4) is 0 Å². The maximum Gasteiger partial charge on any atom is 0.303 e. The van der Waals surface area contributed by atoms with Crippen molar-refractivity contribution in [2.75, 3.05) is 13.2 Å². The zero-order valence-corrected chi connectivity index (χ0v) is 19.1. The Labute approximate surface area is 181 Å². The summed E-state index contributed by atoms with van der Waals surface area (Å²) in [6.07, 6.45) is 7.89. The predicted molar refractivity (Wildman–Crippen MR) is 110 cm³/mol. The van der Waals surface area contributed by atoms with E-state index in [0.29, 0.717) is 17.8 Å². The van der Waals surface area contributed by atoms with Crippen LogP contribution in [0.25, 0.3) is 0 Å². The summed E-state index contributed by atoms with van der Waals surface area (Å²) in [4.78, 5) is 24.1. The number of fused-ring (bicyclic) bond motifs is 3. The van der Waals surface area contributed by atoms with E-state index in [0.717, 1.165) is 58.0 Å². The van der Waals surface area contributed by atoms with Crippen molar-refractivity contribution in [3.8, 4) is 0 Å². The van der Waals surface area contributed by atoms with Crippen LogP contribution in [-0.4, -0.2) is 46.6 Å². The molecular weight excluding hydrogens is 436 g/mol. The number of hydrogen-bond donors (Lipinski definition) is 1. The highest BCUT2D eigenvalue weighted by molar-refractivity contribution is 9.10. The number of ether oxygens (including phenoxy) is 2. The maximum atomic E-state index is 12.9. The monoisotopic (exact) mass is 468 g/mol. The molecular formula is C23H33BrO5. The van der Waals surface area contributed by atoms with Crippen LogP contribution in [0, 0.1) is 34.5 Å². The Morgan fingerprint density at radius 3 is 2.72 bits per heavy atom. The Morgan fingerprint density at radius 2 is 1.97 bits per heavy atom. The predicted octanol–water partition coefficient (Wildman–Crippen LogP) is 3.64. The molecule has 1 aliphatic heterocycles. The van der Waals surface area contributed by atoms with E-state index in [-0.39, 0.29) is 51.6 Å². The summed E-state index contributed by atoms with van der Waals surface area (Å²) in [5.74, 6) is 1.47. The van der Waals surface area contributed by atoms with Gasteiger partial charge in [0.25, 0.3) is 0 Å². The van der Waals surface area contributed by atoms with E-state index in [2.05, 4.69) is 22.9 Å². The van der Waals surface area contributed by atoms with Crippen LogP contribution < -0.4 is 0 Å². The van der Waals surface area contributed by atoms with Crippen molar-refractivity contribution in [3.63, 3.8) is 0 Å². The van der Waals surface area contributed by atoms with Gasteiger partial charge >= 0.3 is 5.97 Å². The van der Waals surface area contributed by atoms with Gasteiger partial charge in [0, 0.05) is 18.3 Å². The number of Topliss-reactive ketones (excluding diaryl/α,β-unsaturated/α-hetero) is 1. The smallest absolute Gasteiger partial charge is 0.303 e. The third-order valence-corrected chi connectivity index (χ3v) is 11.4. The number of hydrogen-bond acceptors (Lipinski definition) is 5. The van der Waals surface area contributed by atoms with E-state index in [1.54, 1.807) is 0 Å². The molecule has 0 spiro atoms. The molecule has 0 amide bonds. The summed E-state index contributed by atoms with van der Waals surface area (Å²) < 4.78 is 11.4. The lowest BCUT2D eigenvalue weighted by Gasteiger charge is -2.62. The maximum absolute atomic E-state index is 12.9. The molecule has 162 valence electrons. The minimum Gasteiger partial charge on any atom is -0.458 e. The molecule has 6 heteroatoms. The third kappa shape index (κ3) is 2.70. The molecule has 0 radical (unpaired) electrons. The van der Waals surface area contributed by atoms with Gasteiger partial charge in [-0.1, -0.05) is 22.9 Å². The highest BCUT2D eigenvalue weighted by atomic mass is 79.9. The second kappa shape index (κ2) is 6.77. The Morgan fingerprint density at radius 1 is 1.17 bits per heavy atom. The summed E-state index contributed by atoms with van der Waals surface area (Å²) in [5, 5.41) is 10.4. The number of carbonyl (C=O) groups is 2. The van der Waals surface area contributed by atoms with Gasteiger partial charge in [0.2, 0.25) is 0 Å². The fourth-order valence-corrected chi connectivity index (χ4v) is 9.81. The molecule has 9 atom stereocenters. The van der Waals surface area contributed by atoms with E-state index in [1.807, 2.05) is 0 Å². The van der Waals surface area contributed by atoms with Crippen LogP contribution >= 0.6 is 15.9 Å². The molecule has 5 fully saturated rings. The summed E-state index contributed by atoms with van der Waals surface area (Å²) in [5.41, 5.74) is 0.135. The Bertz CT molecular complexity index is 726. The highest BCUT2D eigenvalue weighted by Gasteiger charge is 2.72. The molecule has 4 aliphatic carbocycles. The summed E-state index contributed by atoms with van der Waals surface area (Å²) in [7, 11) is 0. The van der Waals surface area contributed by atoms with E-state index in [1.165, 1.54) is 6.92 Å². The van der Waals surface area contributed by atoms with Crippen LogP contribution in [0.4, 0.5) is 0 Å². The first kappa shape index (κ1) is 20.4. The van der Waals surface area contributed by atoms with Crippen molar-refractivity contribution < 1.29 is 24.2 Å². The number of ketones is 1. The molecule has 2 bridgehead atoms. The molecule has 5 rings (SSSR count). The number of carbonyl (C=O) groups excluding carboxylic acids is 2. The number of halogens is 1. The van der Waals surface area contributed by atoms with Crippen molar-refractivity contribution in [3.05, 3.63) is 0 Å². The molecule has 2 unspecified atom stereocenters. The van der Waals surface area contributed by atoms with Gasteiger partial charge in [-0.25, -0.2) is 0 Å². The normalized spacial score (nSPS) is 53.0. The summed E-state index contributed by atoms with van der Waals surface area (Å²) in [6, 6.07) is 0. The number of aliphatic hydroxyl groups excluding tert-OH is 1. The van der Waals surface area contributed by atoms with Crippen molar-refractivity contribution >= 4 is 27.7 Å². The Hall–Kier alpha value is -0.460. The zero-order valence-electron chi connectivity index (χ0n) is 17.5. The number of aliphatic hydroxyl groups is 1. The van der Waals surface area contributed by atoms with Gasteiger partial charge in [0.15, 0.2) is 5.78 Å². The lowest BCUT2D eigenvalue weighted by molar-refractivity contribution is -0.150. The van der Waals surface area contributed by atoms with Crippen molar-refractivity contribution in [2.24, 2.45) is 34.5 Å². The van der Waals surface area contributed by atoms with Gasteiger partial charge in [-0.2, -0.15) is 0 Å². The van der Waals surface area contributed by atoms with Gasteiger partial charge in [0.05, 0.1) is 23.1 Å². The third-order valence-electron chi connectivity index (χ3n) is 9.78. The molecule has 1 N–H and O–H groups in total. The molecule has 29 heavy (non-hydrogen) atoms. The van der Waals surface area contributed by atoms with Crippen molar-refractivity contribution in [1.29, 1.82) is 0 Å². The minimum absolute atomic E-state index is 0.00713. The van der Waals surface area contributed by atoms with Crippen LogP contribution in [0.2, 0.25) is 0 Å². The van der Waals surface area contributed by atoms with E-state index < -0.39 is 0 Å². The van der Waals surface area contributed by atoms with Crippen LogP contribution in [0.15, 0.2) is 0 Å². The van der Waals surface area contributed by atoms with Crippen LogP contribution in [0.5, 0.6) is 0 Å². The highest BCUT2D eigenvalue weighted by Crippen LogP contribution is 2.72. The van der Waals surface area contributed by atoms with E-state index in [9.17, 15) is 14.7 Å². The Balaban J connectivity index is 1.41. The van der Waals surface area contributed by atoms with E-state index in [4.69, 9.17) is 9.47 Å². The number of alkyl halides is 1. The molecule has 1 heterocycles. The average Bonchev–Trinajstić information content (AvgIpc) is 3.08. The van der Waals surface area contributed by atoms with Gasteiger partial charge in [-0.05, 0) is 74.5 Å². The first-order valence-electron chi connectivity index (χ1n) is 11.4. The zero-order chi connectivity index (χ0) is 20.6. The Kier molecular flexibility index (Phi) is 4.77. The molecule has 4 saturated carbocycles. The summed E-state index contributed by atoms with van der Waals surface area (Å²) >= 11 is 4.13. The van der Waals surface area contributed by atoms with Gasteiger partial charge in [0.1, 0.15) is 6.61 Å². The first-order valence-corrected chi connectivity index (χ1v) is 12.2. The van der Waals surface area contributed by atoms with Crippen LogP contribution in [-0.2, 0) is 19.1 Å². The average molecular weight is 469 g/mol. The molecule has 1 saturated heterocycles. The number of rotatable bonds is 3. The van der Waals surface area contributed by atoms with Crippen molar-refractivity contribution in [1.82, 2.24) is 0 Å². The van der Waals surface area contributed by atoms with Crippen LogP contribution in [0.1, 0.15) is 65.2 Å². The van der Waals surface area contributed by atoms with E-state index >= 15 is 0 Å². The topological polar surface area (TPSA) is 72.8 Å². The quantitative estimate of drug-likeness (QED) is 0.505. The second-order valence-corrected chi connectivity index (χ2v) is 12.2. The molecule has 0 aromatic heterocycles. The molecule has 5 nitrogen and oxygen atoms in total. The SMILES string of the molecule is CC(=O)OCC(=O)[C@H]1CC[C@H]2[C@@H]3CC4OC[C@@]5(CC[C@H](O)CC45Br)[C@H]3CC[C@]12C.